The highest BCUT2D eigenvalue weighted by Gasteiger charge is 2.37. The van der Waals surface area contributed by atoms with Gasteiger partial charge < -0.3 is 14.9 Å². The third-order valence-electron chi connectivity index (χ3n) is 3.15. The maximum absolute atomic E-state index is 11.7. The summed E-state index contributed by atoms with van der Waals surface area (Å²) < 4.78 is 4.92. The van der Waals surface area contributed by atoms with Crippen LogP contribution < -0.4 is 5.32 Å². The zero-order chi connectivity index (χ0) is 12.3. The highest BCUT2D eigenvalue weighted by Crippen LogP contribution is 2.31. The van der Waals surface area contributed by atoms with Crippen LogP contribution in [0.3, 0.4) is 0 Å². The van der Waals surface area contributed by atoms with E-state index in [0.29, 0.717) is 24.6 Å². The molecule has 1 fully saturated rings. The van der Waals surface area contributed by atoms with E-state index in [1.165, 1.54) is 0 Å². The molecule has 1 aliphatic rings. The molecule has 6 heteroatoms. The Labute approximate surface area is 99.4 Å². The first kappa shape index (κ1) is 12.0. The van der Waals surface area contributed by atoms with E-state index >= 15 is 0 Å². The summed E-state index contributed by atoms with van der Waals surface area (Å²) in [5.74, 6) is 0.977. The number of aliphatic hydroxyl groups is 1. The molecule has 2 N–H and O–H groups in total. The largest absolute Gasteiger partial charge is 0.394 e. The summed E-state index contributed by atoms with van der Waals surface area (Å²) in [6.45, 7) is 1.75. The predicted molar refractivity (Wildman–Crippen MR) is 59.2 cm³/mol. The fourth-order valence-corrected chi connectivity index (χ4v) is 1.95. The Hall–Kier alpha value is -1.43. The van der Waals surface area contributed by atoms with Gasteiger partial charge in [0, 0.05) is 12.8 Å². The lowest BCUT2D eigenvalue weighted by Crippen LogP contribution is -2.56. The zero-order valence-electron chi connectivity index (χ0n) is 9.90. The molecule has 1 aromatic rings. The minimum Gasteiger partial charge on any atom is -0.394 e. The number of amides is 1. The lowest BCUT2D eigenvalue weighted by atomic mass is 9.77. The third-order valence-corrected chi connectivity index (χ3v) is 3.15. The Morgan fingerprint density at radius 2 is 2.35 bits per heavy atom. The van der Waals surface area contributed by atoms with Crippen LogP contribution in [0, 0.1) is 6.92 Å². The first-order valence-corrected chi connectivity index (χ1v) is 5.85. The lowest BCUT2D eigenvalue weighted by molar-refractivity contribution is -0.125. The standard InChI is InChI=1S/C11H17N3O3/c1-8-12-10(17-14-8)4-3-9(16)13-11(7-15)5-2-6-11/h15H,2-7H2,1H3,(H,13,16). The van der Waals surface area contributed by atoms with Gasteiger partial charge in [-0.15, -0.1) is 0 Å². The summed E-state index contributed by atoms with van der Waals surface area (Å²) >= 11 is 0. The molecule has 1 saturated carbocycles. The molecule has 1 heterocycles. The highest BCUT2D eigenvalue weighted by molar-refractivity contribution is 5.77. The number of nitrogens with one attached hydrogen (secondary N) is 1. The molecule has 1 amide bonds. The van der Waals surface area contributed by atoms with Crippen LogP contribution in [-0.4, -0.2) is 33.3 Å². The van der Waals surface area contributed by atoms with Gasteiger partial charge in [0.25, 0.3) is 0 Å². The van der Waals surface area contributed by atoms with Crippen LogP contribution in [0.25, 0.3) is 0 Å². The second-order valence-corrected chi connectivity index (χ2v) is 4.58. The van der Waals surface area contributed by atoms with Crippen molar-refractivity contribution >= 4 is 5.91 Å². The second-order valence-electron chi connectivity index (χ2n) is 4.58. The summed E-state index contributed by atoms with van der Waals surface area (Å²) in [5.41, 5.74) is -0.373. The SMILES string of the molecule is Cc1noc(CCC(=O)NC2(CO)CCC2)n1. The van der Waals surface area contributed by atoms with Gasteiger partial charge in [-0.2, -0.15) is 4.98 Å². The number of aryl methyl sites for hydroxylation is 2. The molecule has 0 bridgehead atoms. The van der Waals surface area contributed by atoms with E-state index in [-0.39, 0.29) is 18.1 Å². The molecule has 94 valence electrons. The third kappa shape index (κ3) is 2.82. The number of aliphatic hydroxyl groups excluding tert-OH is 1. The van der Waals surface area contributed by atoms with Crippen molar-refractivity contribution in [2.24, 2.45) is 0 Å². The number of nitrogens with zero attached hydrogens (tertiary/aromatic N) is 2. The number of hydrogen-bond acceptors (Lipinski definition) is 5. The predicted octanol–water partition coefficient (Wildman–Crippen LogP) is 0.342. The maximum atomic E-state index is 11.7. The molecule has 0 radical (unpaired) electrons. The van der Waals surface area contributed by atoms with Crippen LogP contribution >= 0.6 is 0 Å². The molecular formula is C11H17N3O3. The van der Waals surface area contributed by atoms with Crippen LogP contribution in [0.2, 0.25) is 0 Å². The van der Waals surface area contributed by atoms with Gasteiger partial charge in [-0.25, -0.2) is 0 Å². The Bertz CT molecular complexity index is 393. The van der Waals surface area contributed by atoms with Crippen LogP contribution in [0.1, 0.15) is 37.4 Å². The topological polar surface area (TPSA) is 88.2 Å². The fraction of sp³-hybridized carbons (Fsp3) is 0.727. The van der Waals surface area contributed by atoms with E-state index in [1.54, 1.807) is 6.92 Å². The van der Waals surface area contributed by atoms with Crippen molar-refractivity contribution in [2.75, 3.05) is 6.61 Å². The average Bonchev–Trinajstić information content (AvgIpc) is 2.67. The van der Waals surface area contributed by atoms with Crippen LogP contribution in [0.4, 0.5) is 0 Å². The van der Waals surface area contributed by atoms with Crippen LogP contribution in [0.5, 0.6) is 0 Å². The van der Waals surface area contributed by atoms with E-state index in [4.69, 9.17) is 4.52 Å². The molecule has 1 aromatic heterocycles. The monoisotopic (exact) mass is 239 g/mol. The number of hydrogen-bond donors (Lipinski definition) is 2. The number of aromatic nitrogens is 2. The van der Waals surface area contributed by atoms with Gasteiger partial charge in [-0.05, 0) is 26.2 Å². The molecule has 0 atom stereocenters. The van der Waals surface area contributed by atoms with E-state index in [1.807, 2.05) is 0 Å². The zero-order valence-corrected chi connectivity index (χ0v) is 9.90. The fourth-order valence-electron chi connectivity index (χ4n) is 1.95. The Kier molecular flexibility index (Phi) is 3.42. The summed E-state index contributed by atoms with van der Waals surface area (Å²) in [6, 6.07) is 0. The summed E-state index contributed by atoms with van der Waals surface area (Å²) in [7, 11) is 0. The van der Waals surface area contributed by atoms with Crippen molar-refractivity contribution in [1.29, 1.82) is 0 Å². The lowest BCUT2D eigenvalue weighted by Gasteiger charge is -2.40. The van der Waals surface area contributed by atoms with Gasteiger partial charge in [0.1, 0.15) is 0 Å². The minimum absolute atomic E-state index is 0.0123. The van der Waals surface area contributed by atoms with Gasteiger partial charge in [0.05, 0.1) is 12.1 Å². The van der Waals surface area contributed by atoms with Crippen molar-refractivity contribution in [3.63, 3.8) is 0 Å². The first-order chi connectivity index (χ1) is 8.13. The molecule has 6 nitrogen and oxygen atoms in total. The van der Waals surface area contributed by atoms with Gasteiger partial charge in [-0.3, -0.25) is 4.79 Å². The highest BCUT2D eigenvalue weighted by atomic mass is 16.5. The van der Waals surface area contributed by atoms with Crippen molar-refractivity contribution in [3.8, 4) is 0 Å². The van der Waals surface area contributed by atoms with Crippen LogP contribution in [0.15, 0.2) is 4.52 Å². The Morgan fingerprint density at radius 3 is 2.82 bits per heavy atom. The van der Waals surface area contributed by atoms with Gasteiger partial charge in [0.2, 0.25) is 11.8 Å². The summed E-state index contributed by atoms with van der Waals surface area (Å²) in [4.78, 5) is 15.7. The molecule has 0 aromatic carbocycles. The Balaban J connectivity index is 1.77. The normalized spacial score (nSPS) is 17.5. The van der Waals surface area contributed by atoms with Crippen molar-refractivity contribution in [1.82, 2.24) is 15.5 Å². The number of carbonyl (C=O) groups excluding carboxylic acids is 1. The Morgan fingerprint density at radius 1 is 1.59 bits per heavy atom. The van der Waals surface area contributed by atoms with E-state index in [9.17, 15) is 9.90 Å². The van der Waals surface area contributed by atoms with Crippen LogP contribution in [-0.2, 0) is 11.2 Å². The smallest absolute Gasteiger partial charge is 0.227 e. The van der Waals surface area contributed by atoms with Gasteiger partial charge >= 0.3 is 0 Å². The van der Waals surface area contributed by atoms with Crippen molar-refractivity contribution in [2.45, 2.75) is 44.6 Å². The molecule has 0 spiro atoms. The van der Waals surface area contributed by atoms with Gasteiger partial charge in [0.15, 0.2) is 5.82 Å². The van der Waals surface area contributed by atoms with Gasteiger partial charge in [-0.1, -0.05) is 5.16 Å². The average molecular weight is 239 g/mol. The molecule has 1 aliphatic carbocycles. The summed E-state index contributed by atoms with van der Waals surface area (Å²) in [5, 5.41) is 15.8. The van der Waals surface area contributed by atoms with Crippen molar-refractivity contribution < 1.29 is 14.4 Å². The molecule has 0 aliphatic heterocycles. The molecular weight excluding hydrogens is 222 g/mol. The summed E-state index contributed by atoms with van der Waals surface area (Å²) in [6.07, 6.45) is 3.52. The van der Waals surface area contributed by atoms with E-state index in [0.717, 1.165) is 19.3 Å². The van der Waals surface area contributed by atoms with Crippen molar-refractivity contribution in [3.05, 3.63) is 11.7 Å². The molecule has 2 rings (SSSR count). The minimum atomic E-state index is -0.373. The second kappa shape index (κ2) is 4.83. The first-order valence-electron chi connectivity index (χ1n) is 5.85. The molecule has 17 heavy (non-hydrogen) atoms. The maximum Gasteiger partial charge on any atom is 0.227 e. The number of rotatable bonds is 5. The van der Waals surface area contributed by atoms with E-state index < -0.39 is 0 Å². The van der Waals surface area contributed by atoms with E-state index in [2.05, 4.69) is 15.5 Å². The quantitative estimate of drug-likeness (QED) is 0.773. The number of carbonyl (C=O) groups is 1. The molecule has 0 unspecified atom stereocenters. The molecule has 0 saturated heterocycles.